The van der Waals surface area contributed by atoms with Gasteiger partial charge in [-0.05, 0) is 24.3 Å². The number of nitrogens with one attached hydrogen (secondary N) is 1. The molecule has 2 aromatic carbocycles. The summed E-state index contributed by atoms with van der Waals surface area (Å²) in [6, 6.07) is 5.98. The molecule has 0 fully saturated rings. The van der Waals surface area contributed by atoms with E-state index >= 15 is 0 Å². The van der Waals surface area contributed by atoms with Crippen LogP contribution in [0, 0.1) is 11.6 Å². The van der Waals surface area contributed by atoms with Gasteiger partial charge in [0.15, 0.2) is 5.82 Å². The van der Waals surface area contributed by atoms with Crippen LogP contribution in [0.4, 0.5) is 20.2 Å². The molecule has 0 aliphatic heterocycles. The smallest absolute Gasteiger partial charge is 0.221 e. The number of aliphatic imine (C=N–C) groups is 1. The molecule has 22 heavy (non-hydrogen) atoms. The van der Waals surface area contributed by atoms with Crippen LogP contribution < -0.4 is 5.32 Å². The van der Waals surface area contributed by atoms with Gasteiger partial charge in [-0.15, -0.1) is 0 Å². The van der Waals surface area contributed by atoms with Crippen LogP contribution in [0.15, 0.2) is 35.3 Å². The molecule has 0 aliphatic carbocycles. The van der Waals surface area contributed by atoms with Crippen LogP contribution in [-0.4, -0.2) is 17.2 Å². The van der Waals surface area contributed by atoms with E-state index in [1.54, 1.807) is 0 Å². The summed E-state index contributed by atoms with van der Waals surface area (Å²) in [5, 5.41) is 12.2. The number of phenols is 1. The Labute approximate surface area is 130 Å². The van der Waals surface area contributed by atoms with E-state index in [1.807, 2.05) is 0 Å². The summed E-state index contributed by atoms with van der Waals surface area (Å²) in [4.78, 5) is 14.8. The Morgan fingerprint density at radius 1 is 1.27 bits per heavy atom. The second-order valence-electron chi connectivity index (χ2n) is 4.43. The van der Waals surface area contributed by atoms with Crippen molar-refractivity contribution >= 4 is 35.1 Å². The first kappa shape index (κ1) is 15.9. The maximum atomic E-state index is 13.7. The van der Waals surface area contributed by atoms with Crippen LogP contribution in [0.1, 0.15) is 12.5 Å². The zero-order valence-electron chi connectivity index (χ0n) is 11.4. The van der Waals surface area contributed by atoms with E-state index in [0.29, 0.717) is 11.1 Å². The summed E-state index contributed by atoms with van der Waals surface area (Å²) in [7, 11) is 0. The SMILES string of the molecule is CC(=O)Nc1cc(N=Cc2cc(Cl)ccc2O)c(F)cc1F. The molecule has 0 heterocycles. The lowest BCUT2D eigenvalue weighted by Crippen LogP contribution is -2.07. The molecule has 1 amide bonds. The van der Waals surface area contributed by atoms with Crippen LogP contribution in [0.2, 0.25) is 5.02 Å². The van der Waals surface area contributed by atoms with Gasteiger partial charge >= 0.3 is 0 Å². The number of phenolic OH excluding ortho intramolecular Hbond substituents is 1. The largest absolute Gasteiger partial charge is 0.507 e. The van der Waals surface area contributed by atoms with Gasteiger partial charge in [-0.2, -0.15) is 0 Å². The Balaban J connectivity index is 2.38. The number of carbonyl (C=O) groups is 1. The predicted molar refractivity (Wildman–Crippen MR) is 81.0 cm³/mol. The average molecular weight is 325 g/mol. The second-order valence-corrected chi connectivity index (χ2v) is 4.86. The molecule has 0 unspecified atom stereocenters. The zero-order chi connectivity index (χ0) is 16.3. The second kappa shape index (κ2) is 6.53. The van der Waals surface area contributed by atoms with Crippen LogP contribution in [0.25, 0.3) is 0 Å². The molecule has 0 spiro atoms. The summed E-state index contributed by atoms with van der Waals surface area (Å²) >= 11 is 5.79. The Morgan fingerprint density at radius 3 is 2.68 bits per heavy atom. The van der Waals surface area contributed by atoms with Gasteiger partial charge in [0, 0.05) is 29.8 Å². The fraction of sp³-hybridized carbons (Fsp3) is 0.0667. The van der Waals surface area contributed by atoms with Crippen molar-refractivity contribution in [3.63, 3.8) is 0 Å². The van der Waals surface area contributed by atoms with Crippen LogP contribution in [0.3, 0.4) is 0 Å². The zero-order valence-corrected chi connectivity index (χ0v) is 12.2. The topological polar surface area (TPSA) is 61.7 Å². The summed E-state index contributed by atoms with van der Waals surface area (Å²) in [5.41, 5.74) is -0.0989. The van der Waals surface area contributed by atoms with E-state index in [-0.39, 0.29) is 22.7 Å². The van der Waals surface area contributed by atoms with Crippen molar-refractivity contribution in [1.82, 2.24) is 0 Å². The van der Waals surface area contributed by atoms with Crippen molar-refractivity contribution in [2.75, 3.05) is 5.32 Å². The molecule has 7 heteroatoms. The predicted octanol–water partition coefficient (Wildman–Crippen LogP) is 4.03. The standard InChI is InChI=1S/C15H11ClF2N2O2/c1-8(21)20-14-6-13(11(17)5-12(14)18)19-7-9-4-10(16)2-3-15(9)22/h2-7,22H,1H3,(H,20,21). The molecule has 4 nitrogen and oxygen atoms in total. The van der Waals surface area contributed by atoms with E-state index in [4.69, 9.17) is 11.6 Å². The number of carbonyl (C=O) groups excluding carboxylic acids is 1. The summed E-state index contributed by atoms with van der Waals surface area (Å²) < 4.78 is 27.2. The lowest BCUT2D eigenvalue weighted by Gasteiger charge is -2.06. The van der Waals surface area contributed by atoms with E-state index < -0.39 is 17.5 Å². The summed E-state index contributed by atoms with van der Waals surface area (Å²) in [6.07, 6.45) is 1.19. The van der Waals surface area contributed by atoms with Gasteiger partial charge in [0.2, 0.25) is 5.91 Å². The highest BCUT2D eigenvalue weighted by atomic mass is 35.5. The third-order valence-corrected chi connectivity index (χ3v) is 2.91. The summed E-state index contributed by atoms with van der Waals surface area (Å²) in [5.74, 6) is -2.38. The highest BCUT2D eigenvalue weighted by Crippen LogP contribution is 2.27. The van der Waals surface area contributed by atoms with E-state index in [2.05, 4.69) is 10.3 Å². The maximum Gasteiger partial charge on any atom is 0.221 e. The lowest BCUT2D eigenvalue weighted by atomic mass is 10.2. The minimum absolute atomic E-state index is 0.0854. The molecule has 2 aromatic rings. The number of nitrogens with zero attached hydrogens (tertiary/aromatic N) is 1. The fourth-order valence-corrected chi connectivity index (χ4v) is 1.87. The Kier molecular flexibility index (Phi) is 4.72. The maximum absolute atomic E-state index is 13.7. The number of aromatic hydroxyl groups is 1. The molecule has 0 aliphatic rings. The Bertz CT molecular complexity index is 763. The lowest BCUT2D eigenvalue weighted by molar-refractivity contribution is -0.114. The Morgan fingerprint density at radius 2 is 2.00 bits per heavy atom. The number of benzene rings is 2. The van der Waals surface area contributed by atoms with Crippen molar-refractivity contribution in [1.29, 1.82) is 0 Å². The highest BCUT2D eigenvalue weighted by molar-refractivity contribution is 6.30. The molecule has 2 rings (SSSR count). The number of halogens is 3. The van der Waals surface area contributed by atoms with Crippen molar-refractivity contribution in [2.45, 2.75) is 6.92 Å². The van der Waals surface area contributed by atoms with E-state index in [9.17, 15) is 18.7 Å². The number of amides is 1. The van der Waals surface area contributed by atoms with Crippen molar-refractivity contribution in [2.24, 2.45) is 4.99 Å². The van der Waals surface area contributed by atoms with E-state index in [0.717, 1.165) is 6.07 Å². The molecule has 0 atom stereocenters. The normalized spacial score (nSPS) is 10.9. The van der Waals surface area contributed by atoms with Crippen LogP contribution in [0.5, 0.6) is 5.75 Å². The first-order chi connectivity index (χ1) is 10.4. The van der Waals surface area contributed by atoms with Crippen LogP contribution >= 0.6 is 11.6 Å². The monoisotopic (exact) mass is 324 g/mol. The van der Waals surface area contributed by atoms with Crippen molar-refractivity contribution < 1.29 is 18.7 Å². The minimum atomic E-state index is -0.905. The third-order valence-electron chi connectivity index (χ3n) is 2.68. The van der Waals surface area contributed by atoms with Crippen molar-refractivity contribution in [3.8, 4) is 5.75 Å². The quantitative estimate of drug-likeness (QED) is 0.837. The first-order valence-corrected chi connectivity index (χ1v) is 6.54. The van der Waals surface area contributed by atoms with Gasteiger partial charge in [0.05, 0.1) is 5.69 Å². The molecular weight excluding hydrogens is 314 g/mol. The van der Waals surface area contributed by atoms with Gasteiger partial charge in [0.1, 0.15) is 17.3 Å². The van der Waals surface area contributed by atoms with Gasteiger partial charge in [-0.3, -0.25) is 9.79 Å². The van der Waals surface area contributed by atoms with Gasteiger partial charge < -0.3 is 10.4 Å². The number of hydrogen-bond donors (Lipinski definition) is 2. The molecule has 0 saturated heterocycles. The van der Waals surface area contributed by atoms with Crippen molar-refractivity contribution in [3.05, 3.63) is 52.6 Å². The fourth-order valence-electron chi connectivity index (χ4n) is 1.69. The summed E-state index contributed by atoms with van der Waals surface area (Å²) in [6.45, 7) is 1.20. The molecule has 2 N–H and O–H groups in total. The van der Waals surface area contributed by atoms with Gasteiger partial charge in [-0.1, -0.05) is 11.6 Å². The number of rotatable bonds is 3. The van der Waals surface area contributed by atoms with Crippen LogP contribution in [-0.2, 0) is 4.79 Å². The highest BCUT2D eigenvalue weighted by Gasteiger charge is 2.10. The third kappa shape index (κ3) is 3.79. The van der Waals surface area contributed by atoms with Gasteiger partial charge in [0.25, 0.3) is 0 Å². The molecule has 0 radical (unpaired) electrons. The van der Waals surface area contributed by atoms with E-state index in [1.165, 1.54) is 31.3 Å². The minimum Gasteiger partial charge on any atom is -0.507 e. The van der Waals surface area contributed by atoms with Gasteiger partial charge in [-0.25, -0.2) is 8.78 Å². The molecular formula is C15H11ClF2N2O2. The molecule has 114 valence electrons. The number of hydrogen-bond acceptors (Lipinski definition) is 3. The molecule has 0 bridgehead atoms. The Hall–Kier alpha value is -2.47. The first-order valence-electron chi connectivity index (χ1n) is 6.16. The average Bonchev–Trinajstić information content (AvgIpc) is 2.43. The number of anilines is 1. The molecule has 0 saturated carbocycles. The molecule has 0 aromatic heterocycles.